The normalized spacial score (nSPS) is 29.0. The number of amides is 1. The monoisotopic (exact) mass is 466 g/mol. The molecular formula is C23H35ClN4O4. The Hall–Kier alpha value is -1.61. The van der Waals surface area contributed by atoms with Gasteiger partial charge in [0.05, 0.1) is 55.9 Å². The molecule has 0 aromatic carbocycles. The number of piperidine rings is 1. The lowest BCUT2D eigenvalue weighted by Crippen LogP contribution is -2.54. The number of carbonyl (C=O) groups is 1. The van der Waals surface area contributed by atoms with E-state index in [0.29, 0.717) is 49.4 Å². The minimum atomic E-state index is -0.509. The number of nitrogens with zero attached hydrogens (tertiary/aromatic N) is 3. The lowest BCUT2D eigenvalue weighted by molar-refractivity contribution is -0.898. The van der Waals surface area contributed by atoms with Crippen LogP contribution in [0.1, 0.15) is 46.0 Å². The average molecular weight is 467 g/mol. The van der Waals surface area contributed by atoms with E-state index in [-0.39, 0.29) is 22.0 Å². The number of pyridine rings is 1. The number of hydrogen-bond donors (Lipinski definition) is 1. The summed E-state index contributed by atoms with van der Waals surface area (Å²) >= 11 is 6.57. The topological polar surface area (TPSA) is 86.8 Å². The van der Waals surface area contributed by atoms with E-state index in [4.69, 9.17) is 21.1 Å². The molecule has 3 saturated heterocycles. The number of anilines is 2. The molecule has 4 heterocycles. The van der Waals surface area contributed by atoms with Crippen molar-refractivity contribution in [1.29, 1.82) is 0 Å². The average Bonchev–Trinajstić information content (AvgIpc) is 3.10. The number of quaternary nitrogens is 1. The zero-order chi connectivity index (χ0) is 22.8. The third-order valence-corrected chi connectivity index (χ3v) is 7.33. The van der Waals surface area contributed by atoms with Gasteiger partial charge in [-0.3, -0.25) is 5.32 Å². The molecule has 178 valence electrons. The van der Waals surface area contributed by atoms with Gasteiger partial charge >= 0.3 is 6.09 Å². The van der Waals surface area contributed by atoms with Gasteiger partial charge in [0.1, 0.15) is 5.82 Å². The first-order valence-electron chi connectivity index (χ1n) is 11.8. The number of likely N-dealkylation sites (tertiary alicyclic amines) is 1. The van der Waals surface area contributed by atoms with Gasteiger partial charge in [-0.15, -0.1) is 0 Å². The second kappa shape index (κ2) is 9.71. The van der Waals surface area contributed by atoms with Crippen LogP contribution in [0.25, 0.3) is 0 Å². The molecular weight excluding hydrogens is 432 g/mol. The summed E-state index contributed by atoms with van der Waals surface area (Å²) in [6, 6.07) is 1.88. The van der Waals surface area contributed by atoms with Crippen molar-refractivity contribution in [2.75, 3.05) is 56.2 Å². The van der Waals surface area contributed by atoms with Crippen molar-refractivity contribution in [2.24, 2.45) is 11.3 Å². The van der Waals surface area contributed by atoms with Crippen molar-refractivity contribution < 1.29 is 18.9 Å². The molecule has 1 aromatic heterocycles. The molecule has 0 aliphatic carbocycles. The molecule has 2 atom stereocenters. The van der Waals surface area contributed by atoms with E-state index < -0.39 is 6.09 Å². The van der Waals surface area contributed by atoms with E-state index in [9.17, 15) is 10.0 Å². The summed E-state index contributed by atoms with van der Waals surface area (Å²) < 4.78 is 10.6. The lowest BCUT2D eigenvalue weighted by atomic mass is 9.79. The van der Waals surface area contributed by atoms with Crippen LogP contribution in [0.15, 0.2) is 12.3 Å². The van der Waals surface area contributed by atoms with Crippen molar-refractivity contribution >= 4 is 29.2 Å². The molecule has 32 heavy (non-hydrogen) atoms. The maximum atomic E-state index is 13.7. The molecule has 1 spiro atoms. The largest absolute Gasteiger partial charge is 0.633 e. The maximum absolute atomic E-state index is 13.7. The van der Waals surface area contributed by atoms with Crippen LogP contribution >= 0.6 is 11.6 Å². The van der Waals surface area contributed by atoms with Gasteiger partial charge < -0.3 is 24.2 Å². The van der Waals surface area contributed by atoms with E-state index in [1.165, 1.54) is 0 Å². The van der Waals surface area contributed by atoms with Crippen molar-refractivity contribution in [2.45, 2.75) is 52.0 Å². The van der Waals surface area contributed by atoms with Gasteiger partial charge in [0.25, 0.3) is 0 Å². The Labute approximate surface area is 195 Å². The van der Waals surface area contributed by atoms with Crippen molar-refractivity contribution in [3.63, 3.8) is 0 Å². The molecule has 3 aliphatic heterocycles. The van der Waals surface area contributed by atoms with Gasteiger partial charge in [0.2, 0.25) is 0 Å². The highest BCUT2D eigenvalue weighted by Gasteiger charge is 2.50. The first-order chi connectivity index (χ1) is 15.3. The summed E-state index contributed by atoms with van der Waals surface area (Å²) in [5, 5.41) is 16.8. The SMILES string of the molecule is CC(C)COC(=O)Nc1cnc(N2CCC[C@]3(CC[N+]([O-])(C4CCOCC4)C3)C2)c(Cl)c1. The molecule has 1 aromatic rings. The van der Waals surface area contributed by atoms with Crippen molar-refractivity contribution in [3.8, 4) is 0 Å². The number of hydroxylamine groups is 3. The smallest absolute Gasteiger partial charge is 0.411 e. The highest BCUT2D eigenvalue weighted by molar-refractivity contribution is 6.33. The number of halogens is 1. The van der Waals surface area contributed by atoms with E-state index in [1.807, 2.05) is 13.8 Å². The Morgan fingerprint density at radius 1 is 1.44 bits per heavy atom. The zero-order valence-corrected chi connectivity index (χ0v) is 19.9. The summed E-state index contributed by atoms with van der Waals surface area (Å²) in [4.78, 5) is 18.7. The Balaban J connectivity index is 1.40. The summed E-state index contributed by atoms with van der Waals surface area (Å²) in [5.41, 5.74) is 0.524. The number of ether oxygens (including phenoxy) is 2. The van der Waals surface area contributed by atoms with Gasteiger partial charge in [0.15, 0.2) is 0 Å². The summed E-state index contributed by atoms with van der Waals surface area (Å²) in [7, 11) is 0. The Kier molecular flexibility index (Phi) is 7.14. The van der Waals surface area contributed by atoms with Gasteiger partial charge in [0, 0.05) is 37.8 Å². The predicted octanol–water partition coefficient (Wildman–Crippen LogP) is 4.42. The Bertz CT molecular complexity index is 819. The first kappa shape index (κ1) is 23.5. The van der Waals surface area contributed by atoms with Crippen LogP contribution in [0.3, 0.4) is 0 Å². The number of nitrogens with one attached hydrogen (secondary N) is 1. The second-order valence-electron chi connectivity index (χ2n) is 10.1. The van der Waals surface area contributed by atoms with Crippen LogP contribution < -0.4 is 10.2 Å². The van der Waals surface area contributed by atoms with E-state index >= 15 is 0 Å². The van der Waals surface area contributed by atoms with Gasteiger partial charge in [-0.05, 0) is 24.8 Å². The molecule has 0 bridgehead atoms. The predicted molar refractivity (Wildman–Crippen MR) is 125 cm³/mol. The zero-order valence-electron chi connectivity index (χ0n) is 19.1. The molecule has 1 amide bonds. The van der Waals surface area contributed by atoms with Gasteiger partial charge in [-0.2, -0.15) is 0 Å². The molecule has 4 rings (SSSR count). The van der Waals surface area contributed by atoms with Gasteiger partial charge in [-0.25, -0.2) is 9.78 Å². The quantitative estimate of drug-likeness (QED) is 0.510. The number of hydrogen-bond acceptors (Lipinski definition) is 6. The number of carbonyl (C=O) groups excluding carboxylic acids is 1. The highest BCUT2D eigenvalue weighted by Crippen LogP contribution is 2.45. The third-order valence-electron chi connectivity index (χ3n) is 7.06. The van der Waals surface area contributed by atoms with Gasteiger partial charge in [-0.1, -0.05) is 25.4 Å². The van der Waals surface area contributed by atoms with E-state index in [0.717, 1.165) is 45.2 Å². The number of aromatic nitrogens is 1. The lowest BCUT2D eigenvalue weighted by Gasteiger charge is -2.49. The summed E-state index contributed by atoms with van der Waals surface area (Å²) in [6.07, 6.45) is 5.88. The molecule has 3 fully saturated rings. The highest BCUT2D eigenvalue weighted by atomic mass is 35.5. The summed E-state index contributed by atoms with van der Waals surface area (Å²) in [6.45, 7) is 8.77. The van der Waals surface area contributed by atoms with E-state index in [1.54, 1.807) is 12.3 Å². The summed E-state index contributed by atoms with van der Waals surface area (Å²) in [5.74, 6) is 0.985. The Morgan fingerprint density at radius 3 is 2.94 bits per heavy atom. The maximum Gasteiger partial charge on any atom is 0.411 e. The molecule has 8 nitrogen and oxygen atoms in total. The fourth-order valence-electron chi connectivity index (χ4n) is 5.47. The molecule has 0 saturated carbocycles. The minimum absolute atomic E-state index is 0.0148. The fourth-order valence-corrected chi connectivity index (χ4v) is 5.76. The van der Waals surface area contributed by atoms with Crippen LogP contribution in [-0.4, -0.2) is 67.8 Å². The minimum Gasteiger partial charge on any atom is -0.633 e. The molecule has 3 aliphatic rings. The van der Waals surface area contributed by atoms with Crippen LogP contribution in [0.4, 0.5) is 16.3 Å². The van der Waals surface area contributed by atoms with Crippen LogP contribution in [0, 0.1) is 16.5 Å². The van der Waals surface area contributed by atoms with Crippen LogP contribution in [-0.2, 0) is 9.47 Å². The standard InChI is InChI=1S/C23H35ClN4O4/c1-17(2)14-32-22(29)26-18-12-20(24)21(25-13-18)27-8-3-6-23(15-27)7-9-28(30,16-23)19-4-10-31-11-5-19/h12-13,17,19H,3-11,14-16H2,1-2H3,(H,26,29)/t23-,28?/m0/s1. The van der Waals surface area contributed by atoms with E-state index in [2.05, 4.69) is 15.2 Å². The van der Waals surface area contributed by atoms with Crippen molar-refractivity contribution in [1.82, 2.24) is 4.98 Å². The fraction of sp³-hybridized carbons (Fsp3) is 0.739. The second-order valence-corrected chi connectivity index (χ2v) is 10.5. The molecule has 1 unspecified atom stereocenters. The first-order valence-corrected chi connectivity index (χ1v) is 12.2. The van der Waals surface area contributed by atoms with Crippen LogP contribution in [0.2, 0.25) is 5.02 Å². The third kappa shape index (κ3) is 5.30. The molecule has 1 N–H and O–H groups in total. The number of rotatable bonds is 5. The molecule has 9 heteroatoms. The van der Waals surface area contributed by atoms with Crippen molar-refractivity contribution in [3.05, 3.63) is 22.5 Å². The van der Waals surface area contributed by atoms with Crippen LogP contribution in [0.5, 0.6) is 0 Å². The molecule has 0 radical (unpaired) electrons. The Morgan fingerprint density at radius 2 is 2.22 bits per heavy atom.